The standard InChI is InChI=1S/C20H41.C7H7O2S.Zn/c1-4-6-8-10-12-13-15-17-19-20(3)18-16-14-11-9-7-5-2;1-6-2-4-7(5-3-6)10(8)9;/h20H,3-19H2,1-2H3;2-5H,1H3;/q2*-1;+2. The van der Waals surface area contributed by atoms with Crippen molar-refractivity contribution in [1.82, 2.24) is 0 Å². The molecule has 1 atom stereocenters. The van der Waals surface area contributed by atoms with Crippen molar-refractivity contribution < 1.29 is 27.9 Å². The van der Waals surface area contributed by atoms with Crippen LogP contribution < -0.4 is 0 Å². The van der Waals surface area contributed by atoms with E-state index in [0.717, 1.165) is 11.5 Å². The van der Waals surface area contributed by atoms with Crippen molar-refractivity contribution in [3.05, 3.63) is 36.8 Å². The van der Waals surface area contributed by atoms with Gasteiger partial charge in [0.05, 0.1) is 0 Å². The van der Waals surface area contributed by atoms with Gasteiger partial charge >= 0.3 is 19.5 Å². The van der Waals surface area contributed by atoms with E-state index in [9.17, 15) is 8.42 Å². The quantitative estimate of drug-likeness (QED) is 0.0921. The van der Waals surface area contributed by atoms with Crippen LogP contribution in [0.5, 0.6) is 0 Å². The van der Waals surface area contributed by atoms with Crippen LogP contribution in [0.4, 0.5) is 0 Å². The van der Waals surface area contributed by atoms with Crippen LogP contribution in [0.2, 0.25) is 0 Å². The molecule has 0 spiro atoms. The number of hydrogen-bond donors (Lipinski definition) is 0. The summed E-state index contributed by atoms with van der Waals surface area (Å²) in [6.07, 6.45) is 22.7. The third-order valence-electron chi connectivity index (χ3n) is 5.65. The Labute approximate surface area is 209 Å². The molecule has 0 aliphatic rings. The van der Waals surface area contributed by atoms with Crippen molar-refractivity contribution >= 4 is 10.7 Å². The smallest absolute Gasteiger partial charge is 0.420 e. The number of unbranched alkanes of at least 4 members (excludes halogenated alkanes) is 12. The Balaban J connectivity index is 0. The fourth-order valence-corrected chi connectivity index (χ4v) is 3.93. The molecule has 176 valence electrons. The molecule has 0 fully saturated rings. The average molecular weight is 502 g/mol. The molecule has 0 aliphatic heterocycles. The van der Waals surface area contributed by atoms with Crippen molar-refractivity contribution in [2.24, 2.45) is 5.92 Å². The zero-order chi connectivity index (χ0) is 22.5. The van der Waals surface area contributed by atoms with E-state index in [-0.39, 0.29) is 19.5 Å². The molecule has 0 N–H and O–H groups in total. The van der Waals surface area contributed by atoms with Crippen LogP contribution in [0.15, 0.2) is 29.2 Å². The Hall–Kier alpha value is -0.207. The van der Waals surface area contributed by atoms with Gasteiger partial charge in [0.25, 0.3) is 0 Å². The zero-order valence-electron chi connectivity index (χ0n) is 20.8. The number of rotatable bonds is 17. The molecule has 1 aromatic rings. The van der Waals surface area contributed by atoms with Crippen LogP contribution in [-0.2, 0) is 38.6 Å². The van der Waals surface area contributed by atoms with Gasteiger partial charge in [-0.3, -0.25) is 0 Å². The van der Waals surface area contributed by atoms with E-state index in [4.69, 9.17) is 0 Å². The summed E-state index contributed by atoms with van der Waals surface area (Å²) in [5.74, 6) is 0.723. The van der Waals surface area contributed by atoms with Gasteiger partial charge in [-0.1, -0.05) is 151 Å². The van der Waals surface area contributed by atoms with E-state index >= 15 is 0 Å². The summed E-state index contributed by atoms with van der Waals surface area (Å²) in [5, 5.41) is 0. The molecule has 0 bridgehead atoms. The summed E-state index contributed by atoms with van der Waals surface area (Å²) in [6, 6.07) is 6.70. The van der Waals surface area contributed by atoms with Gasteiger partial charge < -0.3 is 15.3 Å². The Morgan fingerprint density at radius 3 is 1.39 bits per heavy atom. The summed E-state index contributed by atoms with van der Waals surface area (Å²) >= 11 is 0. The van der Waals surface area contributed by atoms with Crippen LogP contribution >= 0.6 is 0 Å². The van der Waals surface area contributed by atoms with Gasteiger partial charge in [0.2, 0.25) is 0 Å². The molecule has 2 nitrogen and oxygen atoms in total. The van der Waals surface area contributed by atoms with Gasteiger partial charge in [-0.05, 0) is 17.6 Å². The second kappa shape index (κ2) is 24.4. The van der Waals surface area contributed by atoms with Gasteiger partial charge in [0.1, 0.15) is 0 Å². The van der Waals surface area contributed by atoms with Crippen molar-refractivity contribution in [2.75, 3.05) is 0 Å². The van der Waals surface area contributed by atoms with Gasteiger partial charge in [0, 0.05) is 0 Å². The zero-order valence-corrected chi connectivity index (χ0v) is 24.6. The van der Waals surface area contributed by atoms with Crippen molar-refractivity contribution in [3.63, 3.8) is 0 Å². The van der Waals surface area contributed by atoms with Gasteiger partial charge in [-0.2, -0.15) is 5.92 Å². The second-order valence-corrected chi connectivity index (χ2v) is 9.67. The molecule has 1 rings (SSSR count). The first-order valence-corrected chi connectivity index (χ1v) is 13.6. The molecular weight excluding hydrogens is 454 g/mol. The second-order valence-electron chi connectivity index (χ2n) is 8.73. The molecule has 0 heterocycles. The van der Waals surface area contributed by atoms with E-state index in [0.29, 0.717) is 4.90 Å². The Morgan fingerprint density at radius 1 is 0.677 bits per heavy atom. The SMILES string of the molecule is Cc1ccc([S-](=O)=O)cc1.[CH2-]C(CCCCCCCC)CCCCCCCCCC.[Zn+2]. The van der Waals surface area contributed by atoms with E-state index in [2.05, 4.69) is 20.8 Å². The average Bonchev–Trinajstić information content (AvgIpc) is 2.73. The van der Waals surface area contributed by atoms with Crippen molar-refractivity contribution in [1.29, 1.82) is 0 Å². The summed E-state index contributed by atoms with van der Waals surface area (Å²) in [5.41, 5.74) is 1.06. The summed E-state index contributed by atoms with van der Waals surface area (Å²) in [4.78, 5) is 0.339. The van der Waals surface area contributed by atoms with E-state index in [1.807, 2.05) is 6.92 Å². The Bertz CT molecular complexity index is 547. The minimum atomic E-state index is -2.09. The minimum Gasteiger partial charge on any atom is -0.420 e. The first-order chi connectivity index (χ1) is 14.5. The van der Waals surface area contributed by atoms with Crippen LogP contribution in [-0.4, -0.2) is 0 Å². The first-order valence-electron chi connectivity index (χ1n) is 12.5. The minimum absolute atomic E-state index is 0. The third-order valence-corrected chi connectivity index (χ3v) is 6.30. The van der Waals surface area contributed by atoms with E-state index in [1.165, 1.54) is 103 Å². The van der Waals surface area contributed by atoms with Crippen molar-refractivity contribution in [2.45, 2.75) is 128 Å². The van der Waals surface area contributed by atoms with Gasteiger partial charge in [0.15, 0.2) is 0 Å². The molecule has 1 unspecified atom stereocenters. The molecule has 0 aromatic heterocycles. The fourth-order valence-electron chi connectivity index (χ4n) is 3.57. The fraction of sp³-hybridized carbons (Fsp3) is 0.741. The summed E-state index contributed by atoms with van der Waals surface area (Å²) < 4.78 is 20.6. The maximum atomic E-state index is 10.3. The summed E-state index contributed by atoms with van der Waals surface area (Å²) in [6.45, 7) is 10.8. The molecule has 0 aliphatic carbocycles. The van der Waals surface area contributed by atoms with Gasteiger partial charge in [-0.25, -0.2) is 0 Å². The Morgan fingerprint density at radius 2 is 1.03 bits per heavy atom. The molecule has 0 saturated carbocycles. The van der Waals surface area contributed by atoms with Crippen LogP contribution in [0, 0.1) is 19.8 Å². The first kappa shape index (κ1) is 33.0. The van der Waals surface area contributed by atoms with Crippen LogP contribution in [0.25, 0.3) is 0 Å². The normalized spacial score (nSPS) is 11.5. The van der Waals surface area contributed by atoms with Gasteiger partial charge in [-0.15, -0.1) is 0 Å². The summed E-state index contributed by atoms with van der Waals surface area (Å²) in [7, 11) is -2.09. The van der Waals surface area contributed by atoms with E-state index < -0.39 is 10.7 Å². The predicted molar refractivity (Wildman–Crippen MR) is 132 cm³/mol. The number of hydrogen-bond acceptors (Lipinski definition) is 3. The molecule has 1 aromatic carbocycles. The molecule has 31 heavy (non-hydrogen) atoms. The molecule has 4 heteroatoms. The maximum absolute atomic E-state index is 10.3. The maximum Gasteiger partial charge on any atom is 2.00 e. The topological polar surface area (TPSA) is 34.1 Å². The molecule has 0 saturated heterocycles. The predicted octanol–water partition coefficient (Wildman–Crippen LogP) is 9.38. The number of aryl methyl sites for hydroxylation is 1. The van der Waals surface area contributed by atoms with Crippen LogP contribution in [0.1, 0.15) is 122 Å². The molecule has 0 radical (unpaired) electrons. The largest absolute Gasteiger partial charge is 2.00 e. The third kappa shape index (κ3) is 22.8. The molecular formula is C27H48O2SZn. The monoisotopic (exact) mass is 500 g/mol. The van der Waals surface area contributed by atoms with Crippen molar-refractivity contribution in [3.8, 4) is 0 Å². The Kier molecular flexibility index (Phi) is 26.0. The van der Waals surface area contributed by atoms with E-state index in [1.54, 1.807) is 24.3 Å². The van der Waals surface area contributed by atoms with Crippen LogP contribution in [0.3, 0.4) is 0 Å². The number of benzene rings is 1. The molecule has 0 amide bonds.